The van der Waals surface area contributed by atoms with E-state index in [1.807, 2.05) is 20.8 Å². The summed E-state index contributed by atoms with van der Waals surface area (Å²) in [6.45, 7) is 15.4. The third-order valence-corrected chi connectivity index (χ3v) is 2.35. The van der Waals surface area contributed by atoms with Crippen LogP contribution in [0, 0.1) is 0 Å². The minimum atomic E-state index is -0.326. The van der Waals surface area contributed by atoms with Crippen molar-refractivity contribution in [2.75, 3.05) is 48.0 Å². The number of amides is 3. The minimum absolute atomic E-state index is 0. The molecule has 0 unspecified atom stereocenters. The molecule has 0 bridgehead atoms. The summed E-state index contributed by atoms with van der Waals surface area (Å²) in [5.74, 6) is 8.33. The number of hydrogen-bond donors (Lipinski definition) is 6. The van der Waals surface area contributed by atoms with Gasteiger partial charge in [0.1, 0.15) is 18.8 Å². The summed E-state index contributed by atoms with van der Waals surface area (Å²) < 4.78 is 4.95. The predicted molar refractivity (Wildman–Crippen MR) is 188 cm³/mol. The predicted octanol–water partition coefficient (Wildman–Crippen LogP) is -11.3. The standard InChI is InChI=1S/C7H14O2.C5H10N2O2.2C3H8N2O2.CH5N.2CHO.10K/c1-5-6(8)9-7(2,3)4;1-3-7-9-4-5(8)6-2;2*1-5-3(6)2-7-4;3*1-2;;;;;;;;;;/h5H2,1-4H3;3H,4H2,1-2H3,(H,6,8);2*2,4H2,1H3,(H,5,6);2H2,1H3;2*1H;;;;;;;;;;/q;;;;;2*-1;;;;;;;;;2*+1/b;7-3+;;;;;;;;;;;;;;;. The van der Waals surface area contributed by atoms with Crippen molar-refractivity contribution in [2.45, 2.75) is 46.6 Å². The van der Waals surface area contributed by atoms with Gasteiger partial charge in [0.25, 0.3) is 5.91 Å². The molecule has 0 saturated heterocycles. The number of carbonyl (C=O) groups is 4. The quantitative estimate of drug-likeness (QED) is 0.0330. The van der Waals surface area contributed by atoms with Gasteiger partial charge in [-0.15, -0.1) is 0 Å². The molecule has 0 atom stereocenters. The van der Waals surface area contributed by atoms with Crippen LogP contribution in [0.1, 0.15) is 41.0 Å². The van der Waals surface area contributed by atoms with Gasteiger partial charge in [0, 0.05) is 33.8 Å². The summed E-state index contributed by atoms with van der Waals surface area (Å²) in [6, 6.07) is 0. The zero-order valence-electron chi connectivity index (χ0n) is 33.8. The fourth-order valence-corrected chi connectivity index (χ4v) is 0.952. The number of hydrogen-bond acceptors (Lipinski definition) is 14. The fourth-order valence-electron chi connectivity index (χ4n) is 0.952. The molecule has 0 radical (unpaired) electrons. The maximum absolute atomic E-state index is 10.6. The monoisotopic (exact) mass is 947 g/mol. The Morgan fingerprint density at radius 3 is 1.06 bits per heavy atom. The topological polar surface area (TPSA) is 266 Å². The van der Waals surface area contributed by atoms with E-state index in [1.165, 1.54) is 280 Å². The number of nitrogens with one attached hydrogen (secondary N) is 3. The second-order valence-corrected chi connectivity index (χ2v) is 6.22. The molecule has 0 saturated carbocycles. The van der Waals surface area contributed by atoms with Crippen molar-refractivity contribution < 1.29 is 151 Å². The van der Waals surface area contributed by atoms with Gasteiger partial charge in [-0.3, -0.25) is 42.4 Å². The van der Waals surface area contributed by atoms with Gasteiger partial charge in [-0.2, -0.15) is 0 Å². The van der Waals surface area contributed by atoms with Gasteiger partial charge in [0.2, 0.25) is 11.8 Å². The molecule has 0 aliphatic heterocycles. The van der Waals surface area contributed by atoms with Crippen molar-refractivity contribution in [3.63, 3.8) is 0 Å². The number of rotatable bonds is 8. The molecule has 17 nitrogen and oxygen atoms in total. The van der Waals surface area contributed by atoms with Gasteiger partial charge >= 0.3 is 361 Å². The van der Waals surface area contributed by atoms with Crippen LogP contribution in [0.25, 0.3) is 0 Å². The summed E-state index contributed by atoms with van der Waals surface area (Å²) >= 11 is 10.0. The molecule has 48 heavy (non-hydrogen) atoms. The third kappa shape index (κ3) is 145. The van der Waals surface area contributed by atoms with Gasteiger partial charge in [0.15, 0.2) is 6.61 Å². The second kappa shape index (κ2) is 108. The van der Waals surface area contributed by atoms with Crippen molar-refractivity contribution in [1.29, 1.82) is 0 Å². The van der Waals surface area contributed by atoms with Gasteiger partial charge in [-0.1, -0.05) is 12.1 Å². The summed E-state index contributed by atoms with van der Waals surface area (Å²) in [5.41, 5.74) is 4.17. The Morgan fingerprint density at radius 2 is 0.938 bits per heavy atom. The molecule has 0 heterocycles. The van der Waals surface area contributed by atoms with Crippen molar-refractivity contribution >= 4 is 296 Å². The Morgan fingerprint density at radius 1 is 0.688 bits per heavy atom. The van der Waals surface area contributed by atoms with Crippen molar-refractivity contribution in [1.82, 2.24) is 16.0 Å². The molecule has 9 N–H and O–H groups in total. The Labute approximate surface area is 556 Å². The SMILES string of the molecule is C/C=N/OCC(=O)NC.CCC(=O)OC(C)(C)C.CN.CNC(=O)CON.CNC(=O)CON.[CH-]=O.[CH-]=O.[K+].[K+].[K][K].[K][K].[K][K].[K][K]. The van der Waals surface area contributed by atoms with Crippen LogP contribution in [0.5, 0.6) is 0 Å². The molecular weight excluding hydrogens is 901 g/mol. The van der Waals surface area contributed by atoms with Gasteiger partial charge in [-0.05, 0) is 34.7 Å². The van der Waals surface area contributed by atoms with Crippen LogP contribution in [0.15, 0.2) is 5.16 Å². The second-order valence-electron chi connectivity index (χ2n) is 6.22. The van der Waals surface area contributed by atoms with Crippen molar-refractivity contribution in [3.8, 4) is 0 Å². The van der Waals surface area contributed by atoms with Crippen molar-refractivity contribution in [2.24, 2.45) is 22.7 Å². The van der Waals surface area contributed by atoms with E-state index in [2.05, 4.69) is 66.7 Å². The molecule has 27 heteroatoms. The molecule has 0 aliphatic rings. The van der Waals surface area contributed by atoms with Gasteiger partial charge < -0.3 is 40.8 Å². The number of likely N-dealkylation sites (N-methyl/N-ethyl adjacent to an activating group) is 3. The number of carbonyl (C=O) groups excluding carboxylic acids is 6. The van der Waals surface area contributed by atoms with E-state index in [9.17, 15) is 19.2 Å². The first kappa shape index (κ1) is 95.2. The van der Waals surface area contributed by atoms with Gasteiger partial charge in [0.05, 0.1) is 0 Å². The first-order chi connectivity index (χ1) is 21.9. The van der Waals surface area contributed by atoms with E-state index in [1.54, 1.807) is 20.9 Å². The van der Waals surface area contributed by atoms with Crippen LogP contribution in [-0.2, 0) is 48.0 Å². The van der Waals surface area contributed by atoms with Gasteiger partial charge in [-0.25, -0.2) is 11.8 Å². The zero-order valence-corrected chi connectivity index (χ0v) is 65.1. The summed E-state index contributed by atoms with van der Waals surface area (Å²) in [4.78, 5) is 69.1. The molecule has 236 valence electrons. The average molecular weight is 949 g/mol. The van der Waals surface area contributed by atoms with Crippen LogP contribution < -0.4 is 136 Å². The van der Waals surface area contributed by atoms with Crippen LogP contribution in [-0.4, -0.2) is 350 Å². The maximum atomic E-state index is 10.6. The summed E-state index contributed by atoms with van der Waals surface area (Å²) in [6.07, 6.45) is 1.93. The Balaban J connectivity index is -0.0000000272. The number of ether oxygens (including phenoxy) is 1. The zero-order chi connectivity index (χ0) is 40.0. The van der Waals surface area contributed by atoms with E-state index >= 15 is 0 Å². The first-order valence-electron chi connectivity index (χ1n) is 14.5. The van der Waals surface area contributed by atoms with E-state index in [0.717, 1.165) is 0 Å². The normalized spacial score (nSPS) is 7.25. The Kier molecular flexibility index (Phi) is 214. The fraction of sp³-hybridized carbons (Fsp3) is 0.667. The molecule has 0 aliphatic carbocycles. The van der Waals surface area contributed by atoms with Crippen LogP contribution in [0.2, 0.25) is 0 Å². The molecule has 0 spiro atoms. The number of nitrogens with zero attached hydrogens (tertiary/aromatic N) is 1. The number of nitrogens with two attached hydrogens (primary N) is 3. The molecule has 3 amide bonds. The number of esters is 1. The molecule has 0 aromatic carbocycles. The van der Waals surface area contributed by atoms with E-state index < -0.39 is 0 Å². The van der Waals surface area contributed by atoms with E-state index in [4.69, 9.17) is 14.3 Å². The first-order valence-corrected chi connectivity index (χ1v) is 78.5. The Bertz CT molecular complexity index is 576. The molecule has 0 fully saturated rings. The third-order valence-electron chi connectivity index (χ3n) is 2.35. The summed E-state index contributed by atoms with van der Waals surface area (Å²) in [5, 5.41) is 10.4. The van der Waals surface area contributed by atoms with E-state index in [0.29, 0.717) is 6.42 Å². The molecule has 0 rings (SSSR count). The number of oxime groups is 1. The average Bonchev–Trinajstić information content (AvgIpc) is 3.11. The Hall–Kier alpha value is 12.9. The molecule has 0 aromatic heterocycles. The molecule has 0 aromatic rings. The van der Waals surface area contributed by atoms with E-state index in [-0.39, 0.29) is 152 Å². The summed E-state index contributed by atoms with van der Waals surface area (Å²) in [7, 11) is 6.07. The van der Waals surface area contributed by atoms with Crippen LogP contribution in [0.3, 0.4) is 0 Å². The van der Waals surface area contributed by atoms with Crippen molar-refractivity contribution in [3.05, 3.63) is 0 Å². The molecular formula is C21H47K10N7O10. The van der Waals surface area contributed by atoms with Crippen LogP contribution in [0.4, 0.5) is 0 Å². The van der Waals surface area contributed by atoms with Crippen LogP contribution >= 0.6 is 0 Å².